The van der Waals surface area contributed by atoms with Gasteiger partial charge in [0.1, 0.15) is 0 Å². The Bertz CT molecular complexity index is 526. The van der Waals surface area contributed by atoms with Crippen LogP contribution in [0, 0.1) is 5.92 Å². The van der Waals surface area contributed by atoms with Crippen molar-refractivity contribution in [1.29, 1.82) is 0 Å². The van der Waals surface area contributed by atoms with Crippen molar-refractivity contribution in [2.24, 2.45) is 13.0 Å². The van der Waals surface area contributed by atoms with Gasteiger partial charge in [-0.25, -0.2) is 8.42 Å². The largest absolute Gasteiger partial charge is 0.317 e. The van der Waals surface area contributed by atoms with Gasteiger partial charge in [0.25, 0.3) is 10.0 Å². The average Bonchev–Trinajstić information content (AvgIpc) is 2.85. The number of rotatable bonds is 4. The fourth-order valence-electron chi connectivity index (χ4n) is 2.58. The molecule has 2 heterocycles. The van der Waals surface area contributed by atoms with E-state index >= 15 is 0 Å². The summed E-state index contributed by atoms with van der Waals surface area (Å²) < 4.78 is 28.1. The van der Waals surface area contributed by atoms with Crippen LogP contribution in [0.2, 0.25) is 0 Å². The SMILES string of the molecule is CNC(C)C1CCCN(S(=O)(=O)c2ccnn2C)C1. The lowest BCUT2D eigenvalue weighted by molar-refractivity contribution is 0.228. The molecule has 19 heavy (non-hydrogen) atoms. The summed E-state index contributed by atoms with van der Waals surface area (Å²) in [7, 11) is 0.155. The van der Waals surface area contributed by atoms with Gasteiger partial charge in [-0.2, -0.15) is 9.40 Å². The Morgan fingerprint density at radius 3 is 2.84 bits per heavy atom. The number of nitrogens with one attached hydrogen (secondary N) is 1. The van der Waals surface area contributed by atoms with Gasteiger partial charge in [0, 0.05) is 26.2 Å². The van der Waals surface area contributed by atoms with Crippen LogP contribution in [0.3, 0.4) is 0 Å². The van der Waals surface area contributed by atoms with Crippen LogP contribution in [-0.4, -0.2) is 48.7 Å². The summed E-state index contributed by atoms with van der Waals surface area (Å²) in [6.07, 6.45) is 3.50. The zero-order valence-corrected chi connectivity index (χ0v) is 12.5. The molecule has 2 atom stereocenters. The number of piperidine rings is 1. The van der Waals surface area contributed by atoms with E-state index in [1.54, 1.807) is 17.4 Å². The Labute approximate surface area is 114 Å². The third kappa shape index (κ3) is 2.82. The maximum absolute atomic E-state index is 12.6. The van der Waals surface area contributed by atoms with Gasteiger partial charge in [-0.3, -0.25) is 4.68 Å². The molecule has 0 aliphatic carbocycles. The molecule has 0 radical (unpaired) electrons. The van der Waals surface area contributed by atoms with E-state index in [1.807, 2.05) is 7.05 Å². The minimum absolute atomic E-state index is 0.269. The molecule has 6 nitrogen and oxygen atoms in total. The first-order valence-electron chi connectivity index (χ1n) is 6.62. The molecule has 0 amide bonds. The van der Waals surface area contributed by atoms with Crippen LogP contribution in [0.5, 0.6) is 0 Å². The summed E-state index contributed by atoms with van der Waals surface area (Å²) in [5.74, 6) is 0.363. The summed E-state index contributed by atoms with van der Waals surface area (Å²) >= 11 is 0. The van der Waals surface area contributed by atoms with Gasteiger partial charge in [0.2, 0.25) is 0 Å². The van der Waals surface area contributed by atoms with Crippen molar-refractivity contribution < 1.29 is 8.42 Å². The summed E-state index contributed by atoms with van der Waals surface area (Å²) in [4.78, 5) is 0. The highest BCUT2D eigenvalue weighted by Gasteiger charge is 2.33. The molecule has 1 saturated heterocycles. The summed E-state index contributed by atoms with van der Waals surface area (Å²) in [5, 5.41) is 7.43. The smallest absolute Gasteiger partial charge is 0.260 e. The fourth-order valence-corrected chi connectivity index (χ4v) is 4.22. The number of hydrogen-bond acceptors (Lipinski definition) is 4. The van der Waals surface area contributed by atoms with Gasteiger partial charge in [-0.05, 0) is 38.8 Å². The van der Waals surface area contributed by atoms with Crippen LogP contribution in [-0.2, 0) is 17.1 Å². The van der Waals surface area contributed by atoms with E-state index in [9.17, 15) is 8.42 Å². The van der Waals surface area contributed by atoms with Crippen molar-refractivity contribution in [3.63, 3.8) is 0 Å². The Hall–Kier alpha value is -0.920. The molecule has 108 valence electrons. The van der Waals surface area contributed by atoms with Crippen LogP contribution < -0.4 is 5.32 Å². The lowest BCUT2D eigenvalue weighted by Gasteiger charge is -2.34. The van der Waals surface area contributed by atoms with E-state index in [2.05, 4.69) is 17.3 Å². The highest BCUT2D eigenvalue weighted by Crippen LogP contribution is 2.25. The zero-order valence-electron chi connectivity index (χ0n) is 11.7. The average molecular weight is 286 g/mol. The first kappa shape index (κ1) is 14.5. The molecule has 2 unspecified atom stereocenters. The van der Waals surface area contributed by atoms with E-state index in [1.165, 1.54) is 10.9 Å². The van der Waals surface area contributed by atoms with E-state index in [4.69, 9.17) is 0 Å². The summed E-state index contributed by atoms with van der Waals surface area (Å²) in [6.45, 7) is 3.28. The quantitative estimate of drug-likeness (QED) is 0.871. The first-order chi connectivity index (χ1) is 8.96. The standard InChI is InChI=1S/C12H22N4O2S/c1-10(13-2)11-5-4-8-16(9-11)19(17,18)12-6-7-14-15(12)3/h6-7,10-11,13H,4-5,8-9H2,1-3H3. The molecule has 0 aromatic carbocycles. The molecule has 0 saturated carbocycles. The van der Waals surface area contributed by atoms with Gasteiger partial charge in [0.15, 0.2) is 5.03 Å². The minimum Gasteiger partial charge on any atom is -0.317 e. The molecular formula is C12H22N4O2S. The summed E-state index contributed by atoms with van der Waals surface area (Å²) in [5.41, 5.74) is 0. The lowest BCUT2D eigenvalue weighted by Crippen LogP contribution is -2.46. The molecule has 1 aromatic rings. The van der Waals surface area contributed by atoms with E-state index in [0.717, 1.165) is 12.8 Å². The molecule has 1 aromatic heterocycles. The Morgan fingerprint density at radius 1 is 1.53 bits per heavy atom. The molecular weight excluding hydrogens is 264 g/mol. The fraction of sp³-hybridized carbons (Fsp3) is 0.750. The first-order valence-corrected chi connectivity index (χ1v) is 8.06. The number of nitrogens with zero attached hydrogens (tertiary/aromatic N) is 3. The number of aromatic nitrogens is 2. The molecule has 1 fully saturated rings. The lowest BCUT2D eigenvalue weighted by atomic mass is 9.93. The van der Waals surface area contributed by atoms with Crippen molar-refractivity contribution >= 4 is 10.0 Å². The second-order valence-corrected chi connectivity index (χ2v) is 7.02. The number of hydrogen-bond donors (Lipinski definition) is 1. The maximum Gasteiger partial charge on any atom is 0.260 e. The Balaban J connectivity index is 2.20. The molecule has 1 aliphatic rings. The monoisotopic (exact) mass is 286 g/mol. The van der Waals surface area contributed by atoms with Gasteiger partial charge in [0.05, 0.1) is 6.20 Å². The Morgan fingerprint density at radius 2 is 2.26 bits per heavy atom. The third-order valence-corrected chi connectivity index (χ3v) is 5.90. The van der Waals surface area contributed by atoms with Crippen molar-refractivity contribution in [3.8, 4) is 0 Å². The molecule has 0 bridgehead atoms. The highest BCUT2D eigenvalue weighted by molar-refractivity contribution is 7.89. The Kier molecular flexibility index (Phi) is 4.27. The molecule has 0 spiro atoms. The van der Waals surface area contributed by atoms with E-state index in [0.29, 0.717) is 25.0 Å². The predicted octanol–water partition coefficient (Wildman–Crippen LogP) is 0.429. The van der Waals surface area contributed by atoms with Crippen molar-refractivity contribution in [2.75, 3.05) is 20.1 Å². The highest BCUT2D eigenvalue weighted by atomic mass is 32.2. The molecule has 7 heteroatoms. The molecule has 1 N–H and O–H groups in total. The number of sulfonamides is 1. The van der Waals surface area contributed by atoms with Gasteiger partial charge in [-0.1, -0.05) is 0 Å². The number of aryl methyl sites for hydroxylation is 1. The molecule has 2 rings (SSSR count). The van der Waals surface area contributed by atoms with Gasteiger partial charge < -0.3 is 5.32 Å². The zero-order chi connectivity index (χ0) is 14.0. The van der Waals surface area contributed by atoms with Crippen molar-refractivity contribution in [1.82, 2.24) is 19.4 Å². The van der Waals surface area contributed by atoms with Crippen LogP contribution in [0.25, 0.3) is 0 Å². The van der Waals surface area contributed by atoms with Crippen LogP contribution in [0.4, 0.5) is 0 Å². The summed E-state index contributed by atoms with van der Waals surface area (Å²) in [6, 6.07) is 1.88. The third-order valence-electron chi connectivity index (χ3n) is 3.96. The van der Waals surface area contributed by atoms with Crippen LogP contribution in [0.1, 0.15) is 19.8 Å². The van der Waals surface area contributed by atoms with Gasteiger partial charge in [-0.15, -0.1) is 0 Å². The second-order valence-electron chi connectivity index (χ2n) is 5.14. The van der Waals surface area contributed by atoms with E-state index in [-0.39, 0.29) is 5.03 Å². The topological polar surface area (TPSA) is 67.2 Å². The maximum atomic E-state index is 12.6. The van der Waals surface area contributed by atoms with Crippen molar-refractivity contribution in [2.45, 2.75) is 30.8 Å². The van der Waals surface area contributed by atoms with Crippen LogP contribution >= 0.6 is 0 Å². The van der Waals surface area contributed by atoms with Crippen LogP contribution in [0.15, 0.2) is 17.3 Å². The van der Waals surface area contributed by atoms with E-state index < -0.39 is 10.0 Å². The van der Waals surface area contributed by atoms with Crippen molar-refractivity contribution in [3.05, 3.63) is 12.3 Å². The predicted molar refractivity (Wildman–Crippen MR) is 73.2 cm³/mol. The van der Waals surface area contributed by atoms with Gasteiger partial charge >= 0.3 is 0 Å². The normalized spacial score (nSPS) is 23.4. The minimum atomic E-state index is -3.42. The second kappa shape index (κ2) is 5.60. The molecule has 1 aliphatic heterocycles.